The molecule has 0 radical (unpaired) electrons. The van der Waals surface area contributed by atoms with Crippen LogP contribution < -0.4 is 16.4 Å². The van der Waals surface area contributed by atoms with Crippen LogP contribution in [-0.2, 0) is 0 Å². The minimum Gasteiger partial charge on any atom is -0.382 e. The quantitative estimate of drug-likeness (QED) is 0.750. The third-order valence-corrected chi connectivity index (χ3v) is 4.80. The Bertz CT molecular complexity index is 467. The van der Waals surface area contributed by atoms with Gasteiger partial charge >= 0.3 is 0 Å². The number of nitrogens with two attached hydrogens (primary N) is 1. The Kier molecular flexibility index (Phi) is 3.96. The van der Waals surface area contributed by atoms with Crippen LogP contribution >= 0.6 is 11.5 Å². The predicted molar refractivity (Wildman–Crippen MR) is 78.7 cm³/mol. The van der Waals surface area contributed by atoms with Crippen LogP contribution in [0, 0.1) is 0 Å². The fourth-order valence-corrected chi connectivity index (χ4v) is 3.09. The number of carbonyl (C=O) groups excluding carboxylic acids is 1. The number of aromatic nitrogens is 1. The molecule has 4 N–H and O–H groups in total. The molecule has 1 aliphatic carbocycles. The summed E-state index contributed by atoms with van der Waals surface area (Å²) in [5, 5.41) is 6.70. The molecular formula is C12H21N5OS. The summed E-state index contributed by atoms with van der Waals surface area (Å²) in [6, 6.07) is 0. The molecule has 1 fully saturated rings. The number of rotatable bonds is 5. The fraction of sp³-hybridized carbons (Fsp3) is 0.667. The molecule has 7 heteroatoms. The number of carbonyl (C=O) groups is 1. The smallest absolute Gasteiger partial charge is 0.257 e. The lowest BCUT2D eigenvalue weighted by molar-refractivity contribution is 0.0739. The molecule has 6 nitrogen and oxygen atoms in total. The van der Waals surface area contributed by atoms with Crippen LogP contribution in [0.15, 0.2) is 0 Å². The highest BCUT2D eigenvalue weighted by atomic mass is 32.1. The number of amides is 1. The maximum atomic E-state index is 11.8. The van der Waals surface area contributed by atoms with Gasteiger partial charge in [-0.1, -0.05) is 0 Å². The van der Waals surface area contributed by atoms with Gasteiger partial charge in [0.1, 0.15) is 10.6 Å². The van der Waals surface area contributed by atoms with Gasteiger partial charge in [-0.25, -0.2) is 0 Å². The van der Waals surface area contributed by atoms with Crippen LogP contribution in [0.3, 0.4) is 0 Å². The van der Waals surface area contributed by atoms with E-state index in [0.717, 1.165) is 11.5 Å². The number of likely N-dealkylation sites (N-methyl/N-ethyl adjacent to an activating group) is 1. The summed E-state index contributed by atoms with van der Waals surface area (Å²) in [7, 11) is 5.79. The van der Waals surface area contributed by atoms with Crippen molar-refractivity contribution >= 4 is 28.3 Å². The first-order valence-electron chi connectivity index (χ1n) is 6.39. The van der Waals surface area contributed by atoms with Gasteiger partial charge in [-0.3, -0.25) is 4.79 Å². The zero-order valence-corrected chi connectivity index (χ0v) is 12.4. The molecule has 1 aromatic heterocycles. The molecule has 2 rings (SSSR count). The largest absolute Gasteiger partial charge is 0.382 e. The molecule has 0 bridgehead atoms. The van der Waals surface area contributed by atoms with E-state index in [0.29, 0.717) is 11.4 Å². The second kappa shape index (κ2) is 5.34. The molecule has 0 unspecified atom stereocenters. The molecule has 0 saturated heterocycles. The maximum Gasteiger partial charge on any atom is 0.257 e. The molecule has 19 heavy (non-hydrogen) atoms. The van der Waals surface area contributed by atoms with E-state index in [9.17, 15) is 4.79 Å². The van der Waals surface area contributed by atoms with Gasteiger partial charge in [0.15, 0.2) is 5.82 Å². The van der Waals surface area contributed by atoms with Crippen molar-refractivity contribution in [2.45, 2.75) is 24.8 Å². The zero-order chi connectivity index (χ0) is 14.0. The summed E-state index contributed by atoms with van der Waals surface area (Å²) in [4.78, 5) is 14.0. The van der Waals surface area contributed by atoms with Crippen LogP contribution in [0.1, 0.15) is 29.6 Å². The average molecular weight is 283 g/mol. The van der Waals surface area contributed by atoms with Gasteiger partial charge < -0.3 is 21.3 Å². The molecular weight excluding hydrogens is 262 g/mol. The van der Waals surface area contributed by atoms with Gasteiger partial charge in [0.2, 0.25) is 0 Å². The summed E-state index contributed by atoms with van der Waals surface area (Å²) in [5.74, 6) is 0.0978. The lowest BCUT2D eigenvalue weighted by atomic mass is 9.75. The Morgan fingerprint density at radius 1 is 1.53 bits per heavy atom. The first kappa shape index (κ1) is 14.1. The molecule has 1 saturated carbocycles. The molecule has 1 aliphatic rings. The third kappa shape index (κ3) is 2.52. The second-order valence-corrected chi connectivity index (χ2v) is 5.95. The molecule has 1 heterocycles. The van der Waals surface area contributed by atoms with Crippen molar-refractivity contribution in [2.75, 3.05) is 38.7 Å². The second-order valence-electron chi connectivity index (χ2n) is 5.18. The molecule has 0 spiro atoms. The van der Waals surface area contributed by atoms with Gasteiger partial charge in [0, 0.05) is 19.1 Å². The number of nitrogens with zero attached hydrogens (tertiary/aromatic N) is 2. The van der Waals surface area contributed by atoms with E-state index < -0.39 is 0 Å². The van der Waals surface area contributed by atoms with Gasteiger partial charge in [0.05, 0.1) is 0 Å². The number of hydrogen-bond acceptors (Lipinski definition) is 6. The van der Waals surface area contributed by atoms with Crippen LogP contribution in [0.5, 0.6) is 0 Å². The molecule has 0 aliphatic heterocycles. The Balaban J connectivity index is 2.10. The molecule has 106 valence electrons. The van der Waals surface area contributed by atoms with Crippen molar-refractivity contribution in [3.05, 3.63) is 5.56 Å². The summed E-state index contributed by atoms with van der Waals surface area (Å²) in [5.41, 5.74) is 6.40. The van der Waals surface area contributed by atoms with Gasteiger partial charge in [-0.2, -0.15) is 4.37 Å². The summed E-state index contributed by atoms with van der Waals surface area (Å²) >= 11 is 1.24. The van der Waals surface area contributed by atoms with Crippen LogP contribution in [-0.4, -0.2) is 48.4 Å². The van der Waals surface area contributed by atoms with Crippen molar-refractivity contribution in [3.8, 4) is 0 Å². The van der Waals surface area contributed by atoms with E-state index in [-0.39, 0.29) is 11.4 Å². The summed E-state index contributed by atoms with van der Waals surface area (Å²) in [6.07, 6.45) is 3.61. The van der Waals surface area contributed by atoms with E-state index in [1.807, 2.05) is 0 Å². The monoisotopic (exact) mass is 283 g/mol. The van der Waals surface area contributed by atoms with E-state index in [1.165, 1.54) is 30.8 Å². The summed E-state index contributed by atoms with van der Waals surface area (Å²) < 4.78 is 4.06. The van der Waals surface area contributed by atoms with E-state index >= 15 is 0 Å². The van der Waals surface area contributed by atoms with Crippen molar-refractivity contribution in [2.24, 2.45) is 0 Å². The van der Waals surface area contributed by atoms with Gasteiger partial charge in [-0.05, 0) is 44.9 Å². The van der Waals surface area contributed by atoms with Crippen LogP contribution in [0.25, 0.3) is 0 Å². The standard InChI is InChI=1S/C12H21N5OS/c1-14-10(18)8-9(13)16-19-11(8)15-7-12(17(2)3)5-4-6-12/h15H,4-7H2,1-3H3,(H2,13,16)(H,14,18). The highest BCUT2D eigenvalue weighted by Gasteiger charge is 2.39. The topological polar surface area (TPSA) is 83.3 Å². The van der Waals surface area contributed by atoms with Crippen LogP contribution in [0.4, 0.5) is 10.8 Å². The maximum absolute atomic E-state index is 11.8. The Labute approximate surface area is 117 Å². The minimum atomic E-state index is -0.193. The Hall–Kier alpha value is -1.34. The van der Waals surface area contributed by atoms with E-state index in [2.05, 4.69) is 34.0 Å². The average Bonchev–Trinajstić information content (AvgIpc) is 2.68. The predicted octanol–water partition coefficient (Wildman–Crippen LogP) is 0.981. The Morgan fingerprint density at radius 2 is 2.21 bits per heavy atom. The fourth-order valence-electron chi connectivity index (χ4n) is 2.38. The van der Waals surface area contributed by atoms with Crippen molar-refractivity contribution in [1.82, 2.24) is 14.6 Å². The molecule has 1 amide bonds. The van der Waals surface area contributed by atoms with Crippen molar-refractivity contribution in [1.29, 1.82) is 0 Å². The third-order valence-electron chi connectivity index (χ3n) is 3.98. The van der Waals surface area contributed by atoms with Gasteiger partial charge in [0.25, 0.3) is 5.91 Å². The number of anilines is 2. The highest BCUT2D eigenvalue weighted by Crippen LogP contribution is 2.37. The zero-order valence-electron chi connectivity index (χ0n) is 11.6. The van der Waals surface area contributed by atoms with Crippen LogP contribution in [0.2, 0.25) is 0 Å². The SMILES string of the molecule is CNC(=O)c1c(N)nsc1NCC1(N(C)C)CCC1. The minimum absolute atomic E-state index is 0.193. The molecule has 0 atom stereocenters. The number of hydrogen-bond donors (Lipinski definition) is 3. The number of nitrogen functional groups attached to an aromatic ring is 1. The lowest BCUT2D eigenvalue weighted by Gasteiger charge is -2.47. The number of nitrogens with one attached hydrogen (secondary N) is 2. The summed E-state index contributed by atoms with van der Waals surface area (Å²) in [6.45, 7) is 0.811. The van der Waals surface area contributed by atoms with Crippen molar-refractivity contribution in [3.63, 3.8) is 0 Å². The first-order valence-corrected chi connectivity index (χ1v) is 7.16. The van der Waals surface area contributed by atoms with Crippen molar-refractivity contribution < 1.29 is 4.79 Å². The van der Waals surface area contributed by atoms with Gasteiger partial charge in [-0.15, -0.1) is 0 Å². The normalized spacial score (nSPS) is 17.1. The Morgan fingerprint density at radius 3 is 2.68 bits per heavy atom. The molecule has 0 aromatic carbocycles. The lowest BCUT2D eigenvalue weighted by Crippen LogP contribution is -2.54. The first-order chi connectivity index (χ1) is 9.00. The highest BCUT2D eigenvalue weighted by molar-refractivity contribution is 7.11. The van der Waals surface area contributed by atoms with E-state index in [1.54, 1.807) is 7.05 Å². The molecule has 1 aromatic rings. The van der Waals surface area contributed by atoms with E-state index in [4.69, 9.17) is 5.73 Å².